The van der Waals surface area contributed by atoms with Crippen molar-refractivity contribution < 1.29 is 14.3 Å². The average Bonchev–Trinajstić information content (AvgIpc) is 3.38. The maximum absolute atomic E-state index is 13.3. The van der Waals surface area contributed by atoms with Crippen molar-refractivity contribution >= 4 is 22.7 Å². The molecule has 28 heavy (non-hydrogen) atoms. The van der Waals surface area contributed by atoms with Crippen molar-refractivity contribution in [1.82, 2.24) is 15.2 Å². The SMILES string of the molecule is CC1CCN(C(=O)[C@@H](Cc2c[nH]c3ccccc23)NC(=O)C2CCCO2)CC1. The van der Waals surface area contributed by atoms with Gasteiger partial charge in [-0.05, 0) is 43.2 Å². The number of nitrogens with one attached hydrogen (secondary N) is 2. The van der Waals surface area contributed by atoms with E-state index in [0.29, 0.717) is 18.9 Å². The molecule has 0 radical (unpaired) electrons. The van der Waals surface area contributed by atoms with E-state index in [1.54, 1.807) is 0 Å². The highest BCUT2D eigenvalue weighted by atomic mass is 16.5. The smallest absolute Gasteiger partial charge is 0.249 e. The molecule has 2 amide bonds. The van der Waals surface area contributed by atoms with Gasteiger partial charge in [0.1, 0.15) is 12.1 Å². The number of ether oxygens (including phenoxy) is 1. The number of likely N-dealkylation sites (tertiary alicyclic amines) is 1. The lowest BCUT2D eigenvalue weighted by Crippen LogP contribution is -2.53. The summed E-state index contributed by atoms with van der Waals surface area (Å²) in [6, 6.07) is 7.48. The number of piperidine rings is 1. The van der Waals surface area contributed by atoms with Crippen molar-refractivity contribution in [3.8, 4) is 0 Å². The lowest BCUT2D eigenvalue weighted by atomic mass is 9.97. The van der Waals surface area contributed by atoms with Crippen LogP contribution >= 0.6 is 0 Å². The monoisotopic (exact) mass is 383 g/mol. The molecule has 1 aromatic carbocycles. The molecule has 6 heteroatoms. The largest absolute Gasteiger partial charge is 0.368 e. The van der Waals surface area contributed by atoms with Crippen molar-refractivity contribution in [2.75, 3.05) is 19.7 Å². The van der Waals surface area contributed by atoms with Crippen LogP contribution in [0, 0.1) is 5.92 Å². The summed E-state index contributed by atoms with van der Waals surface area (Å²) in [7, 11) is 0. The van der Waals surface area contributed by atoms with E-state index in [1.165, 1.54) is 0 Å². The summed E-state index contributed by atoms with van der Waals surface area (Å²) >= 11 is 0. The molecule has 1 aromatic heterocycles. The van der Waals surface area contributed by atoms with Crippen LogP contribution in [0.15, 0.2) is 30.5 Å². The fourth-order valence-electron chi connectivity index (χ4n) is 4.22. The number of H-pyrrole nitrogens is 1. The van der Waals surface area contributed by atoms with Crippen LogP contribution in [0.4, 0.5) is 0 Å². The standard InChI is InChI=1S/C22H29N3O3/c1-15-8-10-25(11-9-15)22(27)19(24-21(26)20-7-4-12-28-20)13-16-14-23-18-6-3-2-5-17(16)18/h2-3,5-6,14-15,19-20,23H,4,7-13H2,1H3,(H,24,26)/t19-,20?/m1/s1. The first kappa shape index (κ1) is 19.0. The van der Waals surface area contributed by atoms with E-state index in [1.807, 2.05) is 35.4 Å². The van der Waals surface area contributed by atoms with Gasteiger partial charge in [-0.3, -0.25) is 9.59 Å². The number of amides is 2. The maximum atomic E-state index is 13.3. The Hall–Kier alpha value is -2.34. The second kappa shape index (κ2) is 8.35. The molecule has 150 valence electrons. The third-order valence-electron chi connectivity index (χ3n) is 6.03. The summed E-state index contributed by atoms with van der Waals surface area (Å²) in [5, 5.41) is 4.10. The first-order chi connectivity index (χ1) is 13.6. The first-order valence-electron chi connectivity index (χ1n) is 10.4. The molecular formula is C22H29N3O3. The van der Waals surface area contributed by atoms with Gasteiger partial charge >= 0.3 is 0 Å². The van der Waals surface area contributed by atoms with Gasteiger partial charge in [0.05, 0.1) is 0 Å². The third kappa shape index (κ3) is 4.07. The Bertz CT molecular complexity index is 832. The highest BCUT2D eigenvalue weighted by molar-refractivity contribution is 5.91. The van der Waals surface area contributed by atoms with Gasteiger partial charge in [0.2, 0.25) is 11.8 Å². The van der Waals surface area contributed by atoms with Gasteiger partial charge in [0.15, 0.2) is 0 Å². The maximum Gasteiger partial charge on any atom is 0.249 e. The van der Waals surface area contributed by atoms with E-state index in [2.05, 4.69) is 17.2 Å². The molecule has 0 aliphatic carbocycles. The van der Waals surface area contributed by atoms with Crippen LogP contribution in [-0.2, 0) is 20.7 Å². The number of rotatable bonds is 5. The molecule has 6 nitrogen and oxygen atoms in total. The summed E-state index contributed by atoms with van der Waals surface area (Å²) < 4.78 is 5.52. The number of hydrogen-bond donors (Lipinski definition) is 2. The Kier molecular flexibility index (Phi) is 5.67. The minimum absolute atomic E-state index is 0.0172. The summed E-state index contributed by atoms with van der Waals surface area (Å²) in [6.07, 6.45) is 5.65. The van der Waals surface area contributed by atoms with Crippen LogP contribution in [0.25, 0.3) is 10.9 Å². The number of para-hydroxylation sites is 1. The molecule has 0 saturated carbocycles. The van der Waals surface area contributed by atoms with Gasteiger partial charge < -0.3 is 19.9 Å². The quantitative estimate of drug-likeness (QED) is 0.834. The Morgan fingerprint density at radius 3 is 2.79 bits per heavy atom. The van der Waals surface area contributed by atoms with Gasteiger partial charge in [0.25, 0.3) is 0 Å². The molecular weight excluding hydrogens is 354 g/mol. The van der Waals surface area contributed by atoms with Gasteiger partial charge in [-0.2, -0.15) is 0 Å². The lowest BCUT2D eigenvalue weighted by molar-refractivity contribution is -0.140. The molecule has 2 saturated heterocycles. The molecule has 3 heterocycles. The van der Waals surface area contributed by atoms with E-state index in [9.17, 15) is 9.59 Å². The van der Waals surface area contributed by atoms with E-state index < -0.39 is 12.1 Å². The molecule has 2 N–H and O–H groups in total. The van der Waals surface area contributed by atoms with E-state index in [4.69, 9.17) is 4.74 Å². The Morgan fingerprint density at radius 2 is 2.04 bits per heavy atom. The number of fused-ring (bicyclic) bond motifs is 1. The zero-order valence-corrected chi connectivity index (χ0v) is 16.4. The van der Waals surface area contributed by atoms with Crippen molar-refractivity contribution in [3.05, 3.63) is 36.0 Å². The van der Waals surface area contributed by atoms with Crippen molar-refractivity contribution in [3.63, 3.8) is 0 Å². The molecule has 2 aliphatic heterocycles. The number of carbonyl (C=O) groups excluding carboxylic acids is 2. The topological polar surface area (TPSA) is 74.4 Å². The molecule has 2 aliphatic rings. The predicted molar refractivity (Wildman–Crippen MR) is 108 cm³/mol. The minimum atomic E-state index is -0.565. The Morgan fingerprint density at radius 1 is 1.25 bits per heavy atom. The van der Waals surface area contributed by atoms with Gasteiger partial charge in [0, 0.05) is 43.2 Å². The van der Waals surface area contributed by atoms with Crippen LogP contribution in [0.1, 0.15) is 38.2 Å². The molecule has 1 unspecified atom stereocenters. The molecule has 4 rings (SSSR count). The second-order valence-corrected chi connectivity index (χ2v) is 8.13. The first-order valence-corrected chi connectivity index (χ1v) is 10.4. The third-order valence-corrected chi connectivity index (χ3v) is 6.03. The second-order valence-electron chi connectivity index (χ2n) is 8.13. The van der Waals surface area contributed by atoms with Crippen LogP contribution < -0.4 is 5.32 Å². The number of benzene rings is 1. The number of aromatic nitrogens is 1. The number of carbonyl (C=O) groups is 2. The van der Waals surface area contributed by atoms with Gasteiger partial charge in [-0.1, -0.05) is 25.1 Å². The van der Waals surface area contributed by atoms with Crippen LogP contribution in [0.2, 0.25) is 0 Å². The lowest BCUT2D eigenvalue weighted by Gasteiger charge is -2.33. The van der Waals surface area contributed by atoms with Crippen LogP contribution in [0.5, 0.6) is 0 Å². The zero-order valence-electron chi connectivity index (χ0n) is 16.4. The number of hydrogen-bond acceptors (Lipinski definition) is 3. The van der Waals surface area contributed by atoms with Crippen LogP contribution in [0.3, 0.4) is 0 Å². The van der Waals surface area contributed by atoms with E-state index in [-0.39, 0.29) is 11.8 Å². The molecule has 0 bridgehead atoms. The Labute approximate surface area is 165 Å². The molecule has 2 aromatic rings. The molecule has 2 fully saturated rings. The zero-order chi connectivity index (χ0) is 19.5. The van der Waals surface area contributed by atoms with E-state index in [0.717, 1.165) is 55.2 Å². The average molecular weight is 383 g/mol. The Balaban J connectivity index is 1.53. The van der Waals surface area contributed by atoms with Crippen molar-refractivity contribution in [2.24, 2.45) is 5.92 Å². The fourth-order valence-corrected chi connectivity index (χ4v) is 4.22. The fraction of sp³-hybridized carbons (Fsp3) is 0.545. The summed E-state index contributed by atoms with van der Waals surface area (Å²) in [4.78, 5) is 31.1. The van der Waals surface area contributed by atoms with Crippen molar-refractivity contribution in [1.29, 1.82) is 0 Å². The van der Waals surface area contributed by atoms with Gasteiger partial charge in [-0.15, -0.1) is 0 Å². The summed E-state index contributed by atoms with van der Waals surface area (Å²) in [5.41, 5.74) is 2.09. The molecule has 0 spiro atoms. The number of aromatic amines is 1. The summed E-state index contributed by atoms with van der Waals surface area (Å²) in [5.74, 6) is 0.502. The van der Waals surface area contributed by atoms with E-state index >= 15 is 0 Å². The minimum Gasteiger partial charge on any atom is -0.368 e. The van der Waals surface area contributed by atoms with Crippen molar-refractivity contribution in [2.45, 2.75) is 51.2 Å². The number of nitrogens with zero attached hydrogens (tertiary/aromatic N) is 1. The summed E-state index contributed by atoms with van der Waals surface area (Å²) in [6.45, 7) is 4.37. The molecule has 2 atom stereocenters. The van der Waals surface area contributed by atoms with Gasteiger partial charge in [-0.25, -0.2) is 0 Å². The highest BCUT2D eigenvalue weighted by Crippen LogP contribution is 2.22. The normalized spacial score (nSPS) is 21.8. The van der Waals surface area contributed by atoms with Crippen LogP contribution in [-0.4, -0.2) is 53.5 Å². The highest BCUT2D eigenvalue weighted by Gasteiger charge is 2.32. The predicted octanol–water partition coefficient (Wildman–Crippen LogP) is 2.63.